The van der Waals surface area contributed by atoms with Crippen molar-refractivity contribution in [3.8, 4) is 5.75 Å². The van der Waals surface area contributed by atoms with Gasteiger partial charge in [0, 0.05) is 24.2 Å². The lowest BCUT2D eigenvalue weighted by Crippen LogP contribution is -2.12. The molecular formula is C13H9Cl2N2O4+. The normalized spacial score (nSPS) is 12.9. The van der Waals surface area contributed by atoms with Gasteiger partial charge in [-0.25, -0.2) is 0 Å². The number of benzene rings is 2. The maximum atomic E-state index is 12.3. The van der Waals surface area contributed by atoms with Crippen molar-refractivity contribution >= 4 is 28.9 Å². The first-order valence-corrected chi connectivity index (χ1v) is 6.11. The second-order valence-corrected chi connectivity index (χ2v) is 4.52. The molecule has 0 saturated carbocycles. The van der Waals surface area contributed by atoms with E-state index < -0.39 is 62.7 Å². The lowest BCUT2D eigenvalue weighted by molar-refractivity contribution is -0.384. The first-order chi connectivity index (χ1) is 11.6. The van der Waals surface area contributed by atoms with Crippen LogP contribution in [0.4, 0.5) is 11.4 Å². The molecular weight excluding hydrogens is 319 g/mol. The van der Waals surface area contributed by atoms with Crippen molar-refractivity contribution in [3.05, 3.63) is 62.0 Å². The Kier molecular flexibility index (Phi) is 2.97. The number of phenolic OH excluding ortho intramolecular Hbond substituents is 1. The van der Waals surface area contributed by atoms with Crippen LogP contribution in [0.15, 0.2) is 36.3 Å². The van der Waals surface area contributed by atoms with E-state index in [0.29, 0.717) is 0 Å². The summed E-state index contributed by atoms with van der Waals surface area (Å²) >= 11 is 10.7. The maximum absolute atomic E-state index is 12.3. The number of nitrogens with one attached hydrogen (secondary N) is 1. The minimum absolute atomic E-state index is 0.00814. The molecule has 0 spiro atoms. The number of nitro groups is 1. The van der Waals surface area contributed by atoms with Crippen molar-refractivity contribution in [1.29, 1.82) is 0 Å². The van der Waals surface area contributed by atoms with Crippen molar-refractivity contribution < 1.29 is 31.9 Å². The molecule has 0 aromatic heterocycles. The predicted octanol–water partition coefficient (Wildman–Crippen LogP) is 2.90. The summed E-state index contributed by atoms with van der Waals surface area (Å²) in [6.07, 6.45) is 0. The van der Waals surface area contributed by atoms with Crippen LogP contribution < -0.4 is 5.32 Å². The Hall–Kier alpha value is -2.31. The lowest BCUT2D eigenvalue weighted by atomic mass is 10.2. The SMILES string of the molecule is [2H]c1c([2H])c([N+](=O)[O-])c([2H])c(Cl)c1NC(=O)c1c(O)ccc([ClH+])c1[2H]. The van der Waals surface area contributed by atoms with Crippen LogP contribution in [-0.4, -0.2) is 15.9 Å². The molecule has 2 N–H and O–H groups in total. The highest BCUT2D eigenvalue weighted by atomic mass is 35.5. The third-order valence-electron chi connectivity index (χ3n) is 2.30. The number of nitrogens with zero attached hydrogens (tertiary/aromatic N) is 1. The summed E-state index contributed by atoms with van der Waals surface area (Å²) in [5.41, 5.74) is -1.97. The second kappa shape index (κ2) is 5.99. The van der Waals surface area contributed by atoms with Gasteiger partial charge in [0.05, 0.1) is 26.7 Å². The zero-order valence-corrected chi connectivity index (χ0v) is 11.6. The lowest BCUT2D eigenvalue weighted by Gasteiger charge is -2.08. The highest BCUT2D eigenvalue weighted by Gasteiger charge is 2.16. The fraction of sp³-hybridized carbons (Fsp3) is 0. The van der Waals surface area contributed by atoms with E-state index in [4.69, 9.17) is 28.7 Å². The highest BCUT2D eigenvalue weighted by Crippen LogP contribution is 2.28. The summed E-state index contributed by atoms with van der Waals surface area (Å²) in [6.45, 7) is 0. The number of carbonyl (C=O) groups is 1. The van der Waals surface area contributed by atoms with Crippen LogP contribution in [0.3, 0.4) is 0 Å². The zero-order chi connectivity index (χ0) is 19.0. The Morgan fingerprint density at radius 1 is 1.43 bits per heavy atom. The van der Waals surface area contributed by atoms with Crippen molar-refractivity contribution in [2.45, 2.75) is 0 Å². The number of hydrogen-bond donors (Lipinski definition) is 2. The van der Waals surface area contributed by atoms with E-state index in [1.807, 2.05) is 0 Å². The van der Waals surface area contributed by atoms with Crippen LogP contribution in [-0.2, 0) is 0 Å². The van der Waals surface area contributed by atoms with E-state index >= 15 is 0 Å². The fourth-order valence-electron chi connectivity index (χ4n) is 1.37. The number of amides is 1. The molecule has 2 aromatic rings. The second-order valence-electron chi connectivity index (χ2n) is 3.71. The minimum atomic E-state index is -1.06. The van der Waals surface area contributed by atoms with Crippen LogP contribution in [0, 0.1) is 21.7 Å². The molecule has 0 heterocycles. The van der Waals surface area contributed by atoms with E-state index in [0.717, 1.165) is 6.07 Å². The first kappa shape index (κ1) is 10.4. The molecule has 0 unspecified atom stereocenters. The van der Waals surface area contributed by atoms with Crippen LogP contribution in [0.5, 0.6) is 5.75 Å². The Morgan fingerprint density at radius 2 is 2.14 bits per heavy atom. The molecule has 0 atom stereocenters. The van der Waals surface area contributed by atoms with Crippen LogP contribution in [0.1, 0.15) is 15.8 Å². The number of hydrogen-bond acceptors (Lipinski definition) is 4. The van der Waals surface area contributed by atoms with Crippen LogP contribution >= 0.6 is 11.6 Å². The fourth-order valence-corrected chi connectivity index (χ4v) is 1.72. The van der Waals surface area contributed by atoms with Gasteiger partial charge in [0.25, 0.3) is 11.6 Å². The first-order valence-electron chi connectivity index (χ1n) is 7.32. The van der Waals surface area contributed by atoms with Gasteiger partial charge in [-0.05, 0) is 12.1 Å². The molecule has 1 amide bonds. The van der Waals surface area contributed by atoms with Crippen molar-refractivity contribution in [2.24, 2.45) is 0 Å². The number of phenols is 1. The summed E-state index contributed by atoms with van der Waals surface area (Å²) in [6, 6.07) is -0.587. The van der Waals surface area contributed by atoms with Crippen LogP contribution in [0.2, 0.25) is 10.0 Å². The average molecular weight is 332 g/mol. The Morgan fingerprint density at radius 3 is 2.81 bits per heavy atom. The Balaban J connectivity index is 2.58. The van der Waals surface area contributed by atoms with E-state index in [1.54, 1.807) is 0 Å². The van der Waals surface area contributed by atoms with Gasteiger partial charge in [-0.3, -0.25) is 14.9 Å². The van der Waals surface area contributed by atoms with Crippen molar-refractivity contribution in [2.75, 3.05) is 5.32 Å². The maximum Gasteiger partial charge on any atom is 0.271 e. The summed E-state index contributed by atoms with van der Waals surface area (Å²) in [4.78, 5) is 22.2. The van der Waals surface area contributed by atoms with E-state index in [9.17, 15) is 20.0 Å². The molecule has 0 aliphatic carbocycles. The van der Waals surface area contributed by atoms with Gasteiger partial charge in [0.15, 0.2) is 11.6 Å². The smallest absolute Gasteiger partial charge is 0.271 e. The molecule has 0 aliphatic rings. The molecule has 0 saturated heterocycles. The summed E-state index contributed by atoms with van der Waals surface area (Å²) in [5.74, 6) is -1.60. The monoisotopic (exact) mass is 331 g/mol. The third kappa shape index (κ3) is 3.42. The number of halogens is 2. The highest BCUT2D eigenvalue weighted by molar-refractivity contribution is 6.34. The van der Waals surface area contributed by atoms with Gasteiger partial charge < -0.3 is 10.4 Å². The average Bonchev–Trinajstić information content (AvgIpc) is 2.53. The molecule has 8 heteroatoms. The summed E-state index contributed by atoms with van der Waals surface area (Å²) in [5, 5.41) is 22.1. The van der Waals surface area contributed by atoms with Crippen molar-refractivity contribution in [3.63, 3.8) is 0 Å². The largest absolute Gasteiger partial charge is 0.507 e. The van der Waals surface area contributed by atoms with Crippen molar-refractivity contribution in [1.82, 2.24) is 0 Å². The summed E-state index contributed by atoms with van der Waals surface area (Å²) < 4.78 is 30.8. The van der Waals surface area contributed by atoms with E-state index in [-0.39, 0.29) is 5.02 Å². The number of anilines is 1. The molecule has 0 bridgehead atoms. The topological polar surface area (TPSA) is 92.5 Å². The predicted molar refractivity (Wildman–Crippen MR) is 74.7 cm³/mol. The number of rotatable bonds is 3. The molecule has 2 rings (SSSR count). The van der Waals surface area contributed by atoms with Gasteiger partial charge in [0.2, 0.25) is 5.02 Å². The van der Waals surface area contributed by atoms with Gasteiger partial charge in [-0.15, -0.1) is 0 Å². The van der Waals surface area contributed by atoms with Gasteiger partial charge >= 0.3 is 0 Å². The Labute approximate surface area is 134 Å². The van der Waals surface area contributed by atoms with Gasteiger partial charge in [-0.2, -0.15) is 0 Å². The molecule has 0 aliphatic heterocycles. The number of aromatic hydroxyl groups is 1. The minimum Gasteiger partial charge on any atom is -0.507 e. The molecule has 2 aromatic carbocycles. The molecule has 0 fully saturated rings. The van der Waals surface area contributed by atoms with Gasteiger partial charge in [0.1, 0.15) is 5.75 Å². The number of nitro benzene ring substituents is 1. The molecule has 21 heavy (non-hydrogen) atoms. The zero-order valence-electron chi connectivity index (χ0n) is 14.1. The summed E-state index contributed by atoms with van der Waals surface area (Å²) in [7, 11) is 0. The third-order valence-corrected chi connectivity index (χ3v) is 2.82. The van der Waals surface area contributed by atoms with E-state index in [2.05, 4.69) is 5.32 Å². The molecule has 0 radical (unpaired) electrons. The quantitative estimate of drug-likeness (QED) is 0.668. The van der Waals surface area contributed by atoms with Gasteiger partial charge in [-0.1, -0.05) is 11.6 Å². The van der Waals surface area contributed by atoms with Crippen LogP contribution in [0.25, 0.3) is 0 Å². The van der Waals surface area contributed by atoms with E-state index in [1.165, 1.54) is 6.07 Å². The molecule has 108 valence electrons. The molecule has 6 nitrogen and oxygen atoms in total. The Bertz CT molecular complexity index is 895. The number of carbonyl (C=O) groups excluding carboxylic acids is 1. The standard InChI is InChI=1S/C13H8Cl2N2O4/c14-7-1-4-12(18)9(5-7)13(19)16-11-3-2-8(17(20)21)6-10(11)15/h1-6,14H,(H-,16,18,19)/p+1/i2D,3D,5D,6D.